The molecule has 0 spiro atoms. The van der Waals surface area contributed by atoms with Gasteiger partial charge in [-0.2, -0.15) is 0 Å². The van der Waals surface area contributed by atoms with Crippen LogP contribution >= 0.6 is 0 Å². The Labute approximate surface area is 117 Å². The van der Waals surface area contributed by atoms with Crippen molar-refractivity contribution in [2.24, 2.45) is 5.14 Å². The zero-order valence-electron chi connectivity index (χ0n) is 10.7. The third-order valence-corrected chi connectivity index (χ3v) is 3.75. The molecule has 3 N–H and O–H groups in total. The largest absolute Gasteiger partial charge is 0.309 e. The fourth-order valence-electron chi connectivity index (χ4n) is 1.75. The van der Waals surface area contributed by atoms with Crippen LogP contribution in [0.25, 0.3) is 0 Å². The molecule has 0 bridgehead atoms. The smallest absolute Gasteiger partial charge is 0.238 e. The number of sulfonamides is 1. The molecule has 106 valence electrons. The van der Waals surface area contributed by atoms with Crippen LogP contribution in [0, 0.1) is 5.82 Å². The van der Waals surface area contributed by atoms with Gasteiger partial charge in [0.1, 0.15) is 5.82 Å². The first-order valence-electron chi connectivity index (χ1n) is 6.02. The van der Waals surface area contributed by atoms with E-state index >= 15 is 0 Å². The van der Waals surface area contributed by atoms with Crippen LogP contribution in [0.1, 0.15) is 11.1 Å². The lowest BCUT2D eigenvalue weighted by Gasteiger charge is -2.06. The van der Waals surface area contributed by atoms with Crippen LogP contribution in [-0.2, 0) is 23.1 Å². The highest BCUT2D eigenvalue weighted by Crippen LogP contribution is 2.09. The molecule has 0 aromatic heterocycles. The summed E-state index contributed by atoms with van der Waals surface area (Å²) in [6, 6.07) is 12.6. The number of primary sulfonamides is 1. The van der Waals surface area contributed by atoms with Gasteiger partial charge in [0.05, 0.1) is 4.90 Å². The van der Waals surface area contributed by atoms with Gasteiger partial charge in [-0.1, -0.05) is 24.3 Å². The molecule has 0 amide bonds. The van der Waals surface area contributed by atoms with Gasteiger partial charge in [-0.25, -0.2) is 17.9 Å². The summed E-state index contributed by atoms with van der Waals surface area (Å²) in [5.41, 5.74) is 1.92. The van der Waals surface area contributed by atoms with Gasteiger partial charge in [0, 0.05) is 13.1 Å². The Bertz CT molecular complexity index is 667. The molecule has 0 heterocycles. The number of nitrogens with two attached hydrogens (primary N) is 1. The van der Waals surface area contributed by atoms with Crippen LogP contribution in [0.3, 0.4) is 0 Å². The van der Waals surface area contributed by atoms with Gasteiger partial charge in [0.2, 0.25) is 10.0 Å². The third-order valence-electron chi connectivity index (χ3n) is 2.82. The zero-order chi connectivity index (χ0) is 14.6. The fourth-order valence-corrected chi connectivity index (χ4v) is 2.27. The average Bonchev–Trinajstić information content (AvgIpc) is 2.41. The van der Waals surface area contributed by atoms with Crippen molar-refractivity contribution >= 4 is 10.0 Å². The van der Waals surface area contributed by atoms with E-state index in [1.54, 1.807) is 24.3 Å². The maximum atomic E-state index is 12.7. The number of hydrogen-bond acceptors (Lipinski definition) is 3. The van der Waals surface area contributed by atoms with Crippen molar-refractivity contribution < 1.29 is 12.8 Å². The van der Waals surface area contributed by atoms with Crippen LogP contribution in [-0.4, -0.2) is 8.42 Å². The van der Waals surface area contributed by atoms with E-state index in [1.807, 2.05) is 0 Å². The van der Waals surface area contributed by atoms with Crippen LogP contribution in [0.5, 0.6) is 0 Å². The molecule has 2 aromatic rings. The molecule has 0 saturated heterocycles. The lowest BCUT2D eigenvalue weighted by molar-refractivity contribution is 0.597. The van der Waals surface area contributed by atoms with Crippen molar-refractivity contribution in [3.05, 3.63) is 65.5 Å². The molecule has 0 aliphatic rings. The van der Waals surface area contributed by atoms with E-state index in [1.165, 1.54) is 24.3 Å². The summed E-state index contributed by atoms with van der Waals surface area (Å²) >= 11 is 0. The summed E-state index contributed by atoms with van der Waals surface area (Å²) in [4.78, 5) is 0.0970. The van der Waals surface area contributed by atoms with Crippen molar-refractivity contribution in [2.45, 2.75) is 18.0 Å². The fraction of sp³-hybridized carbons (Fsp3) is 0.143. The molecule has 4 nitrogen and oxygen atoms in total. The van der Waals surface area contributed by atoms with Crippen molar-refractivity contribution in [2.75, 3.05) is 0 Å². The van der Waals surface area contributed by atoms with Gasteiger partial charge >= 0.3 is 0 Å². The van der Waals surface area contributed by atoms with Crippen LogP contribution in [0.4, 0.5) is 4.39 Å². The Morgan fingerprint density at radius 1 is 0.900 bits per heavy atom. The van der Waals surface area contributed by atoms with Crippen molar-refractivity contribution in [1.29, 1.82) is 0 Å². The third kappa shape index (κ3) is 4.12. The number of benzene rings is 2. The highest BCUT2D eigenvalue weighted by molar-refractivity contribution is 7.89. The van der Waals surface area contributed by atoms with Gasteiger partial charge in [0.15, 0.2) is 0 Å². The quantitative estimate of drug-likeness (QED) is 0.882. The lowest BCUT2D eigenvalue weighted by Crippen LogP contribution is -2.14. The first-order chi connectivity index (χ1) is 9.45. The van der Waals surface area contributed by atoms with Gasteiger partial charge in [-0.15, -0.1) is 0 Å². The Hall–Kier alpha value is -1.76. The van der Waals surface area contributed by atoms with Gasteiger partial charge in [-0.3, -0.25) is 0 Å². The van der Waals surface area contributed by atoms with E-state index in [9.17, 15) is 12.8 Å². The molecule has 20 heavy (non-hydrogen) atoms. The predicted octanol–water partition coefficient (Wildman–Crippen LogP) is 1.76. The zero-order valence-corrected chi connectivity index (χ0v) is 11.5. The van der Waals surface area contributed by atoms with E-state index in [0.29, 0.717) is 13.1 Å². The molecule has 6 heteroatoms. The van der Waals surface area contributed by atoms with Crippen molar-refractivity contribution in [3.8, 4) is 0 Å². The Balaban J connectivity index is 1.90. The highest BCUT2D eigenvalue weighted by atomic mass is 32.2. The SMILES string of the molecule is NS(=O)(=O)c1ccc(CNCc2ccc(F)cc2)cc1. The molecule has 0 atom stereocenters. The predicted molar refractivity (Wildman–Crippen MR) is 74.8 cm³/mol. The average molecular weight is 294 g/mol. The van der Waals surface area contributed by atoms with Crippen LogP contribution in [0.15, 0.2) is 53.4 Å². The van der Waals surface area contributed by atoms with E-state index in [4.69, 9.17) is 5.14 Å². The maximum Gasteiger partial charge on any atom is 0.238 e. The number of hydrogen-bond donors (Lipinski definition) is 2. The summed E-state index contributed by atoms with van der Waals surface area (Å²) < 4.78 is 34.9. The summed E-state index contributed by atoms with van der Waals surface area (Å²) in [5.74, 6) is -0.257. The molecule has 0 aliphatic heterocycles. The maximum absolute atomic E-state index is 12.7. The van der Waals surface area contributed by atoms with Crippen molar-refractivity contribution in [1.82, 2.24) is 5.32 Å². The molecule has 0 aliphatic carbocycles. The highest BCUT2D eigenvalue weighted by Gasteiger charge is 2.06. The minimum atomic E-state index is -3.64. The summed E-state index contributed by atoms with van der Waals surface area (Å²) in [5, 5.41) is 8.21. The minimum absolute atomic E-state index is 0.0970. The van der Waals surface area contributed by atoms with Crippen LogP contribution < -0.4 is 10.5 Å². The second-order valence-electron chi connectivity index (χ2n) is 4.42. The number of nitrogens with one attached hydrogen (secondary N) is 1. The van der Waals surface area contributed by atoms with Gasteiger partial charge < -0.3 is 5.32 Å². The molecule has 0 saturated carbocycles. The van der Waals surface area contributed by atoms with Gasteiger partial charge in [-0.05, 0) is 35.4 Å². The van der Waals surface area contributed by atoms with Gasteiger partial charge in [0.25, 0.3) is 0 Å². The summed E-state index contributed by atoms with van der Waals surface area (Å²) in [6.45, 7) is 1.19. The van der Waals surface area contributed by atoms with E-state index < -0.39 is 10.0 Å². The molecule has 2 rings (SSSR count). The topological polar surface area (TPSA) is 72.2 Å². The summed E-state index contributed by atoms with van der Waals surface area (Å²) in [6.07, 6.45) is 0. The Kier molecular flexibility index (Phi) is 4.49. The van der Waals surface area contributed by atoms with Crippen molar-refractivity contribution in [3.63, 3.8) is 0 Å². The van der Waals surface area contributed by atoms with E-state index in [0.717, 1.165) is 11.1 Å². The first kappa shape index (κ1) is 14.6. The minimum Gasteiger partial charge on any atom is -0.309 e. The number of halogens is 1. The van der Waals surface area contributed by atoms with E-state index in [2.05, 4.69) is 5.32 Å². The second kappa shape index (κ2) is 6.13. The molecule has 0 fully saturated rings. The standard InChI is InChI=1S/C14H15FN2O2S/c15-13-5-1-11(2-6-13)9-17-10-12-3-7-14(8-4-12)20(16,18)19/h1-8,17H,9-10H2,(H2,16,18,19). The lowest BCUT2D eigenvalue weighted by atomic mass is 10.2. The molecule has 0 radical (unpaired) electrons. The Morgan fingerprint density at radius 2 is 1.35 bits per heavy atom. The molecule has 2 aromatic carbocycles. The molecular formula is C14H15FN2O2S. The Morgan fingerprint density at radius 3 is 1.80 bits per heavy atom. The van der Waals surface area contributed by atoms with Crippen LogP contribution in [0.2, 0.25) is 0 Å². The van der Waals surface area contributed by atoms with E-state index in [-0.39, 0.29) is 10.7 Å². The monoisotopic (exact) mass is 294 g/mol. The second-order valence-corrected chi connectivity index (χ2v) is 5.98. The first-order valence-corrected chi connectivity index (χ1v) is 7.57. The number of rotatable bonds is 5. The normalized spacial score (nSPS) is 11.5. The molecular weight excluding hydrogens is 279 g/mol. The summed E-state index contributed by atoms with van der Waals surface area (Å²) in [7, 11) is -3.64. The molecule has 0 unspecified atom stereocenters.